The highest BCUT2D eigenvalue weighted by molar-refractivity contribution is 6.43. The number of nitrogens with one attached hydrogen (secondary N) is 1. The van der Waals surface area contributed by atoms with Gasteiger partial charge in [-0.1, -0.05) is 35.3 Å². The molecule has 3 saturated heterocycles. The second-order valence-corrected chi connectivity index (χ2v) is 14.4. The average Bonchev–Trinajstić information content (AvgIpc) is 3.86. The van der Waals surface area contributed by atoms with Crippen LogP contribution in [0, 0.1) is 23.1 Å². The van der Waals surface area contributed by atoms with Gasteiger partial charge >= 0.3 is 6.03 Å². The Bertz CT molecular complexity index is 2190. The molecule has 2 aromatic carbocycles. The van der Waals surface area contributed by atoms with Crippen LogP contribution < -0.4 is 10.2 Å². The van der Waals surface area contributed by atoms with Crippen molar-refractivity contribution in [2.45, 2.75) is 63.8 Å². The lowest BCUT2D eigenvalue weighted by molar-refractivity contribution is 0.165. The molecule has 1 saturated carbocycles. The Labute approximate surface area is 299 Å². The third kappa shape index (κ3) is 5.13. The number of hydrogen-bond donors (Lipinski definition) is 2. The molecule has 1 aliphatic carbocycles. The van der Waals surface area contributed by atoms with E-state index in [0.717, 1.165) is 41.7 Å². The number of aliphatic hydroxyl groups is 1. The number of aliphatic hydroxyl groups excluding tert-OH is 1. The highest BCUT2D eigenvalue weighted by Gasteiger charge is 2.49. The van der Waals surface area contributed by atoms with E-state index in [4.69, 9.17) is 28.2 Å². The van der Waals surface area contributed by atoms with E-state index in [-0.39, 0.29) is 58.1 Å². The minimum atomic E-state index is -1.01. The lowest BCUT2D eigenvalue weighted by atomic mass is 9.79. The predicted molar refractivity (Wildman–Crippen MR) is 193 cm³/mol. The van der Waals surface area contributed by atoms with E-state index in [1.807, 2.05) is 36.1 Å². The summed E-state index contributed by atoms with van der Waals surface area (Å²) >= 11 is 13.1. The second-order valence-electron chi connectivity index (χ2n) is 13.6. The van der Waals surface area contributed by atoms with Crippen LogP contribution in [-0.4, -0.2) is 56.2 Å². The topological polar surface area (TPSA) is 110 Å². The summed E-state index contributed by atoms with van der Waals surface area (Å²) in [7, 11) is 0. The Morgan fingerprint density at radius 3 is 2.64 bits per heavy atom. The number of nitriles is 1. The number of aryl methyl sites for hydroxylation is 1. The summed E-state index contributed by atoms with van der Waals surface area (Å²) in [5, 5.41) is 26.2. The molecule has 4 fully saturated rings. The van der Waals surface area contributed by atoms with Gasteiger partial charge in [-0.05, 0) is 74.9 Å². The summed E-state index contributed by atoms with van der Waals surface area (Å²) in [6.07, 6.45) is 4.65. The first-order valence-electron chi connectivity index (χ1n) is 17.1. The number of amides is 2. The number of anilines is 1. The molecule has 3 aliphatic heterocycles. The van der Waals surface area contributed by atoms with Gasteiger partial charge in [-0.15, -0.1) is 0 Å². The van der Waals surface area contributed by atoms with Crippen LogP contribution >= 0.6 is 23.2 Å². The Balaban J connectivity index is 1.38. The fourth-order valence-electron chi connectivity index (χ4n) is 8.38. The third-order valence-electron chi connectivity index (χ3n) is 10.8. The predicted octanol–water partition coefficient (Wildman–Crippen LogP) is 8.13. The molecule has 1 unspecified atom stereocenters. The number of carbonyl (C=O) groups is 1. The van der Waals surface area contributed by atoms with Crippen LogP contribution in [0.15, 0.2) is 54.9 Å². The van der Waals surface area contributed by atoms with Crippen molar-refractivity contribution in [2.75, 3.05) is 24.5 Å². The van der Waals surface area contributed by atoms with Gasteiger partial charge in [0.25, 0.3) is 0 Å². The first kappa shape index (κ1) is 32.9. The van der Waals surface area contributed by atoms with Gasteiger partial charge in [-0.25, -0.2) is 14.2 Å². The van der Waals surface area contributed by atoms with Crippen LogP contribution in [0.1, 0.15) is 68.2 Å². The molecule has 2 bridgehead atoms. The quantitative estimate of drug-likeness (QED) is 0.168. The number of aromatic nitrogens is 3. The lowest BCUT2D eigenvalue weighted by Gasteiger charge is -2.42. The summed E-state index contributed by atoms with van der Waals surface area (Å²) in [4.78, 5) is 26.8. The van der Waals surface area contributed by atoms with Crippen molar-refractivity contribution >= 4 is 56.7 Å². The van der Waals surface area contributed by atoms with E-state index in [9.17, 15) is 15.2 Å². The molecule has 256 valence electrons. The van der Waals surface area contributed by atoms with Crippen LogP contribution in [0.5, 0.6) is 0 Å². The maximum Gasteiger partial charge on any atom is 0.325 e. The number of nitrogens with zero attached hydrogens (tertiary/aromatic N) is 6. The smallest absolute Gasteiger partial charge is 0.325 e. The van der Waals surface area contributed by atoms with Crippen molar-refractivity contribution in [2.24, 2.45) is 5.92 Å². The van der Waals surface area contributed by atoms with Gasteiger partial charge in [-0.2, -0.15) is 5.26 Å². The molecule has 0 spiro atoms. The van der Waals surface area contributed by atoms with Crippen molar-refractivity contribution in [3.8, 4) is 17.2 Å². The number of halogens is 3. The number of benzene rings is 2. The molecule has 0 radical (unpaired) electrons. The van der Waals surface area contributed by atoms with Crippen molar-refractivity contribution in [1.29, 1.82) is 5.26 Å². The van der Waals surface area contributed by atoms with E-state index >= 15 is 4.39 Å². The minimum absolute atomic E-state index is 0.0706. The Hall–Kier alpha value is -4.27. The second kappa shape index (κ2) is 12.8. The zero-order chi connectivity index (χ0) is 34.8. The van der Waals surface area contributed by atoms with Crippen LogP contribution in [0.25, 0.3) is 32.9 Å². The van der Waals surface area contributed by atoms with Crippen LogP contribution in [0.4, 0.5) is 14.9 Å². The SMILES string of the molecule is CC(O)c1nc2c(F)c(-c3cccc(Cl)c3Cl)c(CCC#N)cc2c2c1cc([C@@H](C)N1CCCN(c3ccncc3)C1=O)n2[C@H]1[C@H]2CN[C@@H]1C2. The van der Waals surface area contributed by atoms with Gasteiger partial charge in [-0.3, -0.25) is 9.88 Å². The van der Waals surface area contributed by atoms with E-state index in [0.29, 0.717) is 41.2 Å². The number of carbonyl (C=O) groups excluding carboxylic acids is 1. The van der Waals surface area contributed by atoms with E-state index < -0.39 is 11.9 Å². The number of rotatable bonds is 8. The van der Waals surface area contributed by atoms with Crippen LogP contribution in [0.3, 0.4) is 0 Å². The summed E-state index contributed by atoms with van der Waals surface area (Å²) in [5.74, 6) is -0.225. The number of urea groups is 1. The van der Waals surface area contributed by atoms with Gasteiger partial charge in [0, 0.05) is 77.8 Å². The normalized spacial score (nSPS) is 21.5. The van der Waals surface area contributed by atoms with Crippen molar-refractivity contribution < 1.29 is 14.3 Å². The zero-order valence-electron chi connectivity index (χ0n) is 27.7. The standard InChI is InChI=1S/C38H36Cl2FN7O2/c1-20(46-14-5-15-47(38(46)50)24-9-12-43-13-10-24)30-18-27-34(21(2)49)45-35-26(37(27)48(30)36-23-17-29(36)44-19-23)16-22(6-4-11-42)31(33(35)41)25-7-3-8-28(39)32(25)40/h3,7-10,12-13,16,18,20-21,23,29,36,44,49H,4-6,14-15,17,19H2,1-2H3/t20-,21?,23-,29-,36+/m1/s1. The molecule has 2 N–H and O–H groups in total. The van der Waals surface area contributed by atoms with Crippen LogP contribution in [-0.2, 0) is 6.42 Å². The first-order chi connectivity index (χ1) is 24.2. The summed E-state index contributed by atoms with van der Waals surface area (Å²) in [6, 6.07) is 14.8. The van der Waals surface area contributed by atoms with Gasteiger partial charge in [0.1, 0.15) is 5.52 Å². The first-order valence-corrected chi connectivity index (χ1v) is 17.9. The number of hydrogen-bond acceptors (Lipinski definition) is 6. The third-order valence-corrected chi connectivity index (χ3v) is 11.6. The molecular formula is C38H36Cl2FN7O2. The number of fused-ring (bicyclic) bond motifs is 4. The molecular weight excluding hydrogens is 676 g/mol. The Morgan fingerprint density at radius 2 is 1.94 bits per heavy atom. The Kier molecular flexibility index (Phi) is 8.43. The molecule has 3 aromatic heterocycles. The number of pyridine rings is 2. The highest BCUT2D eigenvalue weighted by atomic mass is 35.5. The lowest BCUT2D eigenvalue weighted by Crippen LogP contribution is -2.51. The monoisotopic (exact) mass is 711 g/mol. The maximum atomic E-state index is 17.2. The van der Waals surface area contributed by atoms with Gasteiger partial charge < -0.3 is 19.9 Å². The molecule has 5 atom stereocenters. The Morgan fingerprint density at radius 1 is 1.14 bits per heavy atom. The van der Waals surface area contributed by atoms with Gasteiger partial charge in [0.2, 0.25) is 0 Å². The van der Waals surface area contributed by atoms with Crippen molar-refractivity contribution in [1.82, 2.24) is 24.8 Å². The summed E-state index contributed by atoms with van der Waals surface area (Å²) in [6.45, 7) is 5.74. The highest BCUT2D eigenvalue weighted by Crippen LogP contribution is 2.50. The largest absolute Gasteiger partial charge is 0.387 e. The molecule has 5 aromatic rings. The molecule has 2 amide bonds. The molecule has 9 nitrogen and oxygen atoms in total. The van der Waals surface area contributed by atoms with Gasteiger partial charge in [0.15, 0.2) is 5.82 Å². The van der Waals surface area contributed by atoms with Gasteiger partial charge in [0.05, 0.1) is 45.5 Å². The molecule has 4 aliphatic rings. The molecule has 12 heteroatoms. The molecule has 6 heterocycles. The fourth-order valence-corrected chi connectivity index (χ4v) is 8.78. The fraction of sp³-hybridized carbons (Fsp3) is 0.368. The molecule has 50 heavy (non-hydrogen) atoms. The maximum absolute atomic E-state index is 17.2. The zero-order valence-corrected chi connectivity index (χ0v) is 29.2. The van der Waals surface area contributed by atoms with E-state index in [2.05, 4.69) is 20.9 Å². The average molecular weight is 713 g/mol. The summed E-state index contributed by atoms with van der Waals surface area (Å²) in [5.41, 5.74) is 4.22. The van der Waals surface area contributed by atoms with Crippen LogP contribution in [0.2, 0.25) is 10.0 Å². The molecule has 9 rings (SSSR count). The summed E-state index contributed by atoms with van der Waals surface area (Å²) < 4.78 is 19.5. The van der Waals surface area contributed by atoms with Crippen molar-refractivity contribution in [3.63, 3.8) is 0 Å². The van der Waals surface area contributed by atoms with Crippen molar-refractivity contribution in [3.05, 3.63) is 87.7 Å². The van der Waals surface area contributed by atoms with E-state index in [1.165, 1.54) is 0 Å². The minimum Gasteiger partial charge on any atom is -0.387 e. The van der Waals surface area contributed by atoms with E-state index in [1.54, 1.807) is 42.4 Å².